The van der Waals surface area contributed by atoms with E-state index >= 15 is 0 Å². The highest BCUT2D eigenvalue weighted by Crippen LogP contribution is 2.26. The van der Waals surface area contributed by atoms with Crippen molar-refractivity contribution in [2.75, 3.05) is 18.4 Å². The summed E-state index contributed by atoms with van der Waals surface area (Å²) >= 11 is 6.04. The van der Waals surface area contributed by atoms with Crippen molar-refractivity contribution in [2.24, 2.45) is 5.92 Å². The summed E-state index contributed by atoms with van der Waals surface area (Å²) in [6.07, 6.45) is 1.31. The molecule has 1 aliphatic rings. The summed E-state index contributed by atoms with van der Waals surface area (Å²) in [4.78, 5) is 27.6. The number of rotatable bonds is 3. The van der Waals surface area contributed by atoms with Gasteiger partial charge in [0.25, 0.3) is 5.91 Å². The quantitative estimate of drug-likeness (QED) is 0.642. The van der Waals surface area contributed by atoms with Crippen LogP contribution >= 0.6 is 11.6 Å². The number of carbonyl (C=O) groups excluding carboxylic acids is 2. The summed E-state index contributed by atoms with van der Waals surface area (Å²) in [6.45, 7) is 3.10. The van der Waals surface area contributed by atoms with Crippen molar-refractivity contribution < 1.29 is 9.59 Å². The van der Waals surface area contributed by atoms with Crippen LogP contribution in [0.2, 0.25) is 5.02 Å². The minimum absolute atomic E-state index is 0.00683. The largest absolute Gasteiger partial charge is 0.339 e. The first-order chi connectivity index (χ1) is 14.0. The number of carbonyl (C=O) groups is 2. The van der Waals surface area contributed by atoms with Crippen molar-refractivity contribution in [2.45, 2.75) is 19.8 Å². The second-order valence-corrected chi connectivity index (χ2v) is 7.98. The molecule has 0 saturated carbocycles. The van der Waals surface area contributed by atoms with Crippen molar-refractivity contribution in [3.8, 4) is 0 Å². The summed E-state index contributed by atoms with van der Waals surface area (Å²) in [5.74, 6) is -0.0797. The molecule has 1 aliphatic heterocycles. The smallest absolute Gasteiger partial charge is 0.254 e. The van der Waals surface area contributed by atoms with Crippen LogP contribution in [0.15, 0.2) is 60.7 Å². The van der Waals surface area contributed by atoms with Crippen LogP contribution < -0.4 is 5.32 Å². The predicted octanol–water partition coefficient (Wildman–Crippen LogP) is 5.29. The number of hydrogen-bond donors (Lipinski definition) is 1. The molecule has 0 atom stereocenters. The number of anilines is 1. The van der Waals surface area contributed by atoms with Crippen molar-refractivity contribution >= 4 is 39.9 Å². The third kappa shape index (κ3) is 4.13. The monoisotopic (exact) mass is 406 g/mol. The van der Waals surface area contributed by atoms with E-state index in [0.29, 0.717) is 31.0 Å². The van der Waals surface area contributed by atoms with E-state index in [4.69, 9.17) is 11.6 Å². The number of amides is 2. The molecule has 4 nitrogen and oxygen atoms in total. The molecule has 1 saturated heterocycles. The SMILES string of the molecule is Cc1ccc(Cl)cc1NC(=O)C1CCN(C(=O)c2cccc3ccccc23)CC1. The molecule has 0 unspecified atom stereocenters. The molecule has 29 heavy (non-hydrogen) atoms. The summed E-state index contributed by atoms with van der Waals surface area (Å²) in [5, 5.41) is 5.62. The van der Waals surface area contributed by atoms with Crippen LogP contribution in [-0.4, -0.2) is 29.8 Å². The Morgan fingerprint density at radius 3 is 2.52 bits per heavy atom. The minimum atomic E-state index is -0.107. The maximum absolute atomic E-state index is 13.1. The van der Waals surface area contributed by atoms with E-state index < -0.39 is 0 Å². The Morgan fingerprint density at radius 2 is 1.72 bits per heavy atom. The van der Waals surface area contributed by atoms with Crippen LogP contribution in [0.3, 0.4) is 0 Å². The Bertz CT molecular complexity index is 1070. The van der Waals surface area contributed by atoms with E-state index in [1.165, 1.54) is 0 Å². The number of hydrogen-bond acceptors (Lipinski definition) is 2. The summed E-state index contributed by atoms with van der Waals surface area (Å²) < 4.78 is 0. The summed E-state index contributed by atoms with van der Waals surface area (Å²) in [6, 6.07) is 19.2. The van der Waals surface area contributed by atoms with Gasteiger partial charge in [-0.2, -0.15) is 0 Å². The van der Waals surface area contributed by atoms with Gasteiger partial charge in [0.2, 0.25) is 5.91 Å². The van der Waals surface area contributed by atoms with E-state index in [0.717, 1.165) is 27.6 Å². The second-order valence-electron chi connectivity index (χ2n) is 7.54. The fourth-order valence-electron chi connectivity index (χ4n) is 3.89. The van der Waals surface area contributed by atoms with Crippen LogP contribution in [0, 0.1) is 12.8 Å². The molecule has 4 rings (SSSR count). The van der Waals surface area contributed by atoms with E-state index in [9.17, 15) is 9.59 Å². The molecule has 0 aromatic heterocycles. The summed E-state index contributed by atoms with van der Waals surface area (Å²) in [5.41, 5.74) is 2.45. The van der Waals surface area contributed by atoms with Crippen LogP contribution in [0.25, 0.3) is 10.8 Å². The Labute approximate surface area is 175 Å². The molecule has 3 aromatic rings. The predicted molar refractivity (Wildman–Crippen MR) is 117 cm³/mol. The Morgan fingerprint density at radius 1 is 1.00 bits per heavy atom. The first-order valence-electron chi connectivity index (χ1n) is 9.87. The molecular formula is C24H23ClN2O2. The summed E-state index contributed by atoms with van der Waals surface area (Å²) in [7, 11) is 0. The average molecular weight is 407 g/mol. The molecular weight excluding hydrogens is 384 g/mol. The molecule has 1 fully saturated rings. The first-order valence-corrected chi connectivity index (χ1v) is 10.2. The van der Waals surface area contributed by atoms with E-state index in [1.54, 1.807) is 6.07 Å². The molecule has 0 bridgehead atoms. The zero-order chi connectivity index (χ0) is 20.4. The van der Waals surface area contributed by atoms with E-state index in [2.05, 4.69) is 5.32 Å². The van der Waals surface area contributed by atoms with Crippen LogP contribution in [-0.2, 0) is 4.79 Å². The zero-order valence-electron chi connectivity index (χ0n) is 16.3. The fourth-order valence-corrected chi connectivity index (χ4v) is 4.06. The molecule has 0 spiro atoms. The molecule has 2 amide bonds. The van der Waals surface area contributed by atoms with Crippen molar-refractivity contribution in [1.82, 2.24) is 4.90 Å². The van der Waals surface area contributed by atoms with E-state index in [-0.39, 0.29) is 17.7 Å². The third-order valence-corrected chi connectivity index (χ3v) is 5.87. The van der Waals surface area contributed by atoms with Crippen LogP contribution in [0.5, 0.6) is 0 Å². The van der Waals surface area contributed by atoms with Gasteiger partial charge in [-0.3, -0.25) is 9.59 Å². The van der Waals surface area contributed by atoms with Gasteiger partial charge in [-0.1, -0.05) is 54.1 Å². The van der Waals surface area contributed by atoms with Gasteiger partial charge in [-0.05, 0) is 54.3 Å². The highest BCUT2D eigenvalue weighted by atomic mass is 35.5. The average Bonchev–Trinajstić information content (AvgIpc) is 2.75. The second kappa shape index (κ2) is 8.26. The van der Waals surface area contributed by atoms with Crippen molar-refractivity contribution in [3.63, 3.8) is 0 Å². The topological polar surface area (TPSA) is 49.4 Å². The number of nitrogens with one attached hydrogen (secondary N) is 1. The maximum Gasteiger partial charge on any atom is 0.254 e. The number of likely N-dealkylation sites (tertiary alicyclic amines) is 1. The molecule has 0 aliphatic carbocycles. The van der Waals surface area contributed by atoms with E-state index in [1.807, 2.05) is 66.4 Å². The third-order valence-electron chi connectivity index (χ3n) is 5.63. The highest BCUT2D eigenvalue weighted by molar-refractivity contribution is 6.31. The normalized spacial score (nSPS) is 14.8. The van der Waals surface area contributed by atoms with Gasteiger partial charge < -0.3 is 10.2 Å². The van der Waals surface area contributed by atoms with Gasteiger partial charge in [-0.15, -0.1) is 0 Å². The molecule has 1 N–H and O–H groups in total. The zero-order valence-corrected chi connectivity index (χ0v) is 17.1. The fraction of sp³-hybridized carbons (Fsp3) is 0.250. The van der Waals surface area contributed by atoms with Crippen LogP contribution in [0.4, 0.5) is 5.69 Å². The molecule has 0 radical (unpaired) electrons. The lowest BCUT2D eigenvalue weighted by Gasteiger charge is -2.31. The lowest BCUT2D eigenvalue weighted by atomic mass is 9.94. The van der Waals surface area contributed by atoms with Gasteiger partial charge in [0.05, 0.1) is 0 Å². The number of piperidine rings is 1. The molecule has 1 heterocycles. The van der Waals surface area contributed by atoms with Gasteiger partial charge in [0.15, 0.2) is 0 Å². The van der Waals surface area contributed by atoms with Gasteiger partial charge in [0, 0.05) is 35.3 Å². The van der Waals surface area contributed by atoms with Crippen LogP contribution in [0.1, 0.15) is 28.8 Å². The molecule has 3 aromatic carbocycles. The standard InChI is InChI=1S/C24H23ClN2O2/c1-16-9-10-19(25)15-22(16)26-23(28)18-11-13-27(14-12-18)24(29)21-8-4-6-17-5-2-3-7-20(17)21/h2-10,15,18H,11-14H2,1H3,(H,26,28). The van der Waals surface area contributed by atoms with Crippen molar-refractivity contribution in [3.05, 3.63) is 76.8 Å². The van der Waals surface area contributed by atoms with Gasteiger partial charge in [-0.25, -0.2) is 0 Å². The highest BCUT2D eigenvalue weighted by Gasteiger charge is 2.28. The van der Waals surface area contributed by atoms with Gasteiger partial charge >= 0.3 is 0 Å². The van der Waals surface area contributed by atoms with Crippen molar-refractivity contribution in [1.29, 1.82) is 0 Å². The first kappa shape index (κ1) is 19.5. The number of nitrogens with zero attached hydrogens (tertiary/aromatic N) is 1. The van der Waals surface area contributed by atoms with Gasteiger partial charge in [0.1, 0.15) is 0 Å². The molecule has 5 heteroatoms. The Kier molecular flexibility index (Phi) is 5.54. The minimum Gasteiger partial charge on any atom is -0.339 e. The number of fused-ring (bicyclic) bond motifs is 1. The molecule has 148 valence electrons. The number of halogens is 1. The lowest BCUT2D eigenvalue weighted by Crippen LogP contribution is -2.41. The lowest BCUT2D eigenvalue weighted by molar-refractivity contribution is -0.121. The maximum atomic E-state index is 13.1. The number of benzene rings is 3. The Balaban J connectivity index is 1.42. The Hall–Kier alpha value is -2.85. The number of aryl methyl sites for hydroxylation is 1.